The van der Waals surface area contributed by atoms with E-state index in [1.165, 1.54) is 18.3 Å². The van der Waals surface area contributed by atoms with Gasteiger partial charge >= 0.3 is 5.97 Å². The molecule has 0 radical (unpaired) electrons. The van der Waals surface area contributed by atoms with Crippen LogP contribution in [0.4, 0.5) is 0 Å². The number of carbonyl (C=O) groups is 1. The zero-order valence-corrected chi connectivity index (χ0v) is 9.86. The van der Waals surface area contributed by atoms with Gasteiger partial charge in [0.1, 0.15) is 0 Å². The molecule has 0 bridgehead atoms. The van der Waals surface area contributed by atoms with Gasteiger partial charge in [-0.15, -0.1) is 0 Å². The molecule has 0 atom stereocenters. The average Bonchev–Trinajstić information content (AvgIpc) is 2.16. The summed E-state index contributed by atoms with van der Waals surface area (Å²) in [6.45, 7) is 6.91. The smallest absolute Gasteiger partial charge is 0.335 e. The van der Waals surface area contributed by atoms with Gasteiger partial charge in [0.05, 0.1) is 12.2 Å². The van der Waals surface area contributed by atoms with Gasteiger partial charge in [-0.05, 0) is 17.9 Å². The summed E-state index contributed by atoms with van der Waals surface area (Å²) in [6.07, 6.45) is 2.34. The van der Waals surface area contributed by atoms with Gasteiger partial charge in [0, 0.05) is 12.3 Å². The van der Waals surface area contributed by atoms with Crippen LogP contribution >= 0.6 is 0 Å². The van der Waals surface area contributed by atoms with Gasteiger partial charge in [-0.2, -0.15) is 0 Å². The summed E-state index contributed by atoms with van der Waals surface area (Å²) in [5.74, 6) is -0.604. The molecule has 16 heavy (non-hydrogen) atoms. The van der Waals surface area contributed by atoms with Gasteiger partial charge in [0.15, 0.2) is 0 Å². The standard InChI is InChI=1S/C12H17NO3/c1-12(2,3)5-7-16-10-8-9(11(14)15)4-6-13-10/h4,6,8H,5,7H2,1-3H3,(H,14,15). The predicted octanol–water partition coefficient (Wildman–Crippen LogP) is 2.59. The van der Waals surface area contributed by atoms with Crippen LogP contribution in [0, 0.1) is 5.41 Å². The second kappa shape index (κ2) is 4.96. The maximum absolute atomic E-state index is 10.7. The predicted molar refractivity (Wildman–Crippen MR) is 60.8 cm³/mol. The maximum Gasteiger partial charge on any atom is 0.335 e. The lowest BCUT2D eigenvalue weighted by Gasteiger charge is -2.17. The minimum atomic E-state index is -0.969. The zero-order valence-electron chi connectivity index (χ0n) is 9.86. The van der Waals surface area contributed by atoms with Crippen molar-refractivity contribution in [2.45, 2.75) is 27.2 Å². The van der Waals surface area contributed by atoms with Crippen molar-refractivity contribution in [3.05, 3.63) is 23.9 Å². The lowest BCUT2D eigenvalue weighted by atomic mass is 9.93. The first-order valence-corrected chi connectivity index (χ1v) is 5.21. The van der Waals surface area contributed by atoms with Crippen molar-refractivity contribution in [3.8, 4) is 5.88 Å². The highest BCUT2D eigenvalue weighted by Gasteiger charge is 2.10. The van der Waals surface area contributed by atoms with Crippen molar-refractivity contribution in [1.82, 2.24) is 4.98 Å². The van der Waals surface area contributed by atoms with Gasteiger partial charge < -0.3 is 9.84 Å². The summed E-state index contributed by atoms with van der Waals surface area (Å²) in [4.78, 5) is 14.7. The average molecular weight is 223 g/mol. The number of rotatable bonds is 4. The molecule has 0 saturated carbocycles. The highest BCUT2D eigenvalue weighted by Crippen LogP contribution is 2.19. The normalized spacial score (nSPS) is 11.2. The number of nitrogens with zero attached hydrogens (tertiary/aromatic N) is 1. The van der Waals surface area contributed by atoms with E-state index in [1.54, 1.807) is 0 Å². The summed E-state index contributed by atoms with van der Waals surface area (Å²) in [7, 11) is 0. The van der Waals surface area contributed by atoms with E-state index < -0.39 is 5.97 Å². The van der Waals surface area contributed by atoms with E-state index in [4.69, 9.17) is 9.84 Å². The van der Waals surface area contributed by atoms with E-state index >= 15 is 0 Å². The van der Waals surface area contributed by atoms with Gasteiger partial charge in [0.25, 0.3) is 0 Å². The molecule has 0 aliphatic carbocycles. The van der Waals surface area contributed by atoms with Crippen LogP contribution in [-0.4, -0.2) is 22.7 Å². The number of hydrogen-bond acceptors (Lipinski definition) is 3. The van der Waals surface area contributed by atoms with Crippen LogP contribution in [0.25, 0.3) is 0 Å². The minimum Gasteiger partial charge on any atom is -0.478 e. The number of ether oxygens (including phenoxy) is 1. The van der Waals surface area contributed by atoms with E-state index in [9.17, 15) is 4.79 Å². The second-order valence-corrected chi connectivity index (χ2v) is 4.85. The first-order valence-electron chi connectivity index (χ1n) is 5.21. The molecule has 0 aromatic carbocycles. The van der Waals surface area contributed by atoms with Crippen molar-refractivity contribution in [2.75, 3.05) is 6.61 Å². The van der Waals surface area contributed by atoms with E-state index in [2.05, 4.69) is 25.8 Å². The van der Waals surface area contributed by atoms with Gasteiger partial charge in [0.2, 0.25) is 5.88 Å². The molecule has 0 aliphatic rings. The Hall–Kier alpha value is -1.58. The molecule has 4 nitrogen and oxygen atoms in total. The molecule has 1 N–H and O–H groups in total. The molecule has 0 fully saturated rings. The van der Waals surface area contributed by atoms with Crippen LogP contribution in [-0.2, 0) is 0 Å². The molecule has 0 aliphatic heterocycles. The van der Waals surface area contributed by atoms with Crippen molar-refractivity contribution in [2.24, 2.45) is 5.41 Å². The van der Waals surface area contributed by atoms with E-state index in [1.807, 2.05) is 0 Å². The third-order valence-corrected chi connectivity index (χ3v) is 2.08. The Morgan fingerprint density at radius 2 is 2.19 bits per heavy atom. The Morgan fingerprint density at radius 3 is 2.75 bits per heavy atom. The van der Waals surface area contributed by atoms with Crippen LogP contribution in [0.3, 0.4) is 0 Å². The Labute approximate surface area is 95.3 Å². The second-order valence-electron chi connectivity index (χ2n) is 4.85. The Bertz CT molecular complexity index is 369. The van der Waals surface area contributed by atoms with Crippen molar-refractivity contribution >= 4 is 5.97 Å². The summed E-state index contributed by atoms with van der Waals surface area (Å²) in [5.41, 5.74) is 0.394. The molecular weight excluding hydrogens is 206 g/mol. The summed E-state index contributed by atoms with van der Waals surface area (Å²) < 4.78 is 5.40. The van der Waals surface area contributed by atoms with E-state index in [0.29, 0.717) is 12.5 Å². The molecule has 1 aromatic heterocycles. The number of aromatic nitrogens is 1. The highest BCUT2D eigenvalue weighted by atomic mass is 16.5. The van der Waals surface area contributed by atoms with Crippen LogP contribution in [0.5, 0.6) is 5.88 Å². The lowest BCUT2D eigenvalue weighted by Crippen LogP contribution is -2.11. The van der Waals surface area contributed by atoms with Gasteiger partial charge in [-0.1, -0.05) is 20.8 Å². The molecule has 1 rings (SSSR count). The number of aromatic carboxylic acids is 1. The third kappa shape index (κ3) is 4.29. The summed E-state index contributed by atoms with van der Waals surface area (Å²) in [5, 5.41) is 8.78. The third-order valence-electron chi connectivity index (χ3n) is 2.08. The SMILES string of the molecule is CC(C)(C)CCOc1cc(C(=O)O)ccn1. The van der Waals surface area contributed by atoms with Crippen LogP contribution in [0.2, 0.25) is 0 Å². The first-order chi connectivity index (χ1) is 7.38. The number of pyridine rings is 1. The number of carboxylic acid groups (broad SMARTS) is 1. The van der Waals surface area contributed by atoms with Gasteiger partial charge in [-0.3, -0.25) is 0 Å². The Balaban J connectivity index is 2.55. The number of hydrogen-bond donors (Lipinski definition) is 1. The monoisotopic (exact) mass is 223 g/mol. The molecule has 0 spiro atoms. The molecule has 1 heterocycles. The number of carboxylic acids is 1. The molecular formula is C12H17NO3. The molecule has 4 heteroatoms. The molecule has 0 amide bonds. The quantitative estimate of drug-likeness (QED) is 0.852. The minimum absolute atomic E-state index is 0.195. The van der Waals surface area contributed by atoms with E-state index in [0.717, 1.165) is 6.42 Å². The maximum atomic E-state index is 10.7. The van der Waals surface area contributed by atoms with Gasteiger partial charge in [-0.25, -0.2) is 9.78 Å². The van der Waals surface area contributed by atoms with Crippen molar-refractivity contribution in [3.63, 3.8) is 0 Å². The summed E-state index contributed by atoms with van der Waals surface area (Å²) >= 11 is 0. The fourth-order valence-electron chi connectivity index (χ4n) is 1.08. The fraction of sp³-hybridized carbons (Fsp3) is 0.500. The van der Waals surface area contributed by atoms with Crippen LogP contribution in [0.15, 0.2) is 18.3 Å². The summed E-state index contributed by atoms with van der Waals surface area (Å²) in [6, 6.07) is 2.88. The molecule has 0 unspecified atom stereocenters. The zero-order chi connectivity index (χ0) is 12.2. The highest BCUT2D eigenvalue weighted by molar-refractivity contribution is 5.87. The van der Waals surface area contributed by atoms with Crippen LogP contribution < -0.4 is 4.74 Å². The molecule has 1 aromatic rings. The van der Waals surface area contributed by atoms with Crippen molar-refractivity contribution in [1.29, 1.82) is 0 Å². The Morgan fingerprint density at radius 1 is 1.50 bits per heavy atom. The fourth-order valence-corrected chi connectivity index (χ4v) is 1.08. The lowest BCUT2D eigenvalue weighted by molar-refractivity contribution is 0.0696. The van der Waals surface area contributed by atoms with Crippen molar-refractivity contribution < 1.29 is 14.6 Å². The molecule has 88 valence electrons. The molecule has 0 saturated heterocycles. The first kappa shape index (κ1) is 12.5. The van der Waals surface area contributed by atoms with Crippen LogP contribution in [0.1, 0.15) is 37.6 Å². The van der Waals surface area contributed by atoms with E-state index in [-0.39, 0.29) is 11.0 Å². The largest absolute Gasteiger partial charge is 0.478 e. The topological polar surface area (TPSA) is 59.4 Å². The Kier molecular flexibility index (Phi) is 3.88.